The fourth-order valence-corrected chi connectivity index (χ4v) is 5.43. The van der Waals surface area contributed by atoms with E-state index in [-0.39, 0.29) is 25.4 Å². The number of tetrazole rings is 1. The Kier molecular flexibility index (Phi) is 9.97. The van der Waals surface area contributed by atoms with Gasteiger partial charge in [-0.25, -0.2) is 9.48 Å². The maximum absolute atomic E-state index is 13.5. The van der Waals surface area contributed by atoms with E-state index in [0.29, 0.717) is 22.7 Å². The molecule has 5 rings (SSSR count). The summed E-state index contributed by atoms with van der Waals surface area (Å²) in [5, 5.41) is 17.5. The van der Waals surface area contributed by atoms with E-state index in [4.69, 9.17) is 11.6 Å². The lowest BCUT2D eigenvalue weighted by atomic mass is 9.85. The van der Waals surface area contributed by atoms with Gasteiger partial charge < -0.3 is 15.5 Å². The molecule has 2 N–H and O–H groups in total. The predicted molar refractivity (Wildman–Crippen MR) is 160 cm³/mol. The minimum Gasteiger partial charge on any atom is -0.360 e. The van der Waals surface area contributed by atoms with E-state index >= 15 is 0 Å². The largest absolute Gasteiger partial charge is 0.492 e. The third-order valence-corrected chi connectivity index (χ3v) is 7.85. The molecule has 2 amide bonds. The molecule has 240 valence electrons. The molecule has 1 aliphatic rings. The third-order valence-electron chi connectivity index (χ3n) is 7.62. The van der Waals surface area contributed by atoms with Gasteiger partial charge in [-0.15, -0.1) is 10.2 Å². The molecule has 0 bridgehead atoms. The first-order chi connectivity index (χ1) is 22.0. The summed E-state index contributed by atoms with van der Waals surface area (Å²) < 4.78 is 40.6. The Labute approximate surface area is 266 Å². The van der Waals surface area contributed by atoms with Crippen LogP contribution in [0.25, 0.3) is 16.8 Å². The van der Waals surface area contributed by atoms with Gasteiger partial charge in [-0.2, -0.15) is 13.2 Å². The number of nitrogens with zero attached hydrogens (tertiary/aromatic N) is 5. The highest BCUT2D eigenvalue weighted by Gasteiger charge is 2.45. The van der Waals surface area contributed by atoms with Crippen LogP contribution in [0.3, 0.4) is 0 Å². The predicted octanol–water partition coefficient (Wildman–Crippen LogP) is 4.37. The molecule has 1 saturated heterocycles. The minimum absolute atomic E-state index is 0.00853. The van der Waals surface area contributed by atoms with Crippen LogP contribution in [0.5, 0.6) is 0 Å². The Morgan fingerprint density at radius 2 is 1.76 bits per heavy atom. The van der Waals surface area contributed by atoms with E-state index in [1.807, 2.05) is 54.6 Å². The molecule has 3 aromatic carbocycles. The summed E-state index contributed by atoms with van der Waals surface area (Å²) in [4.78, 5) is 42.8. The van der Waals surface area contributed by atoms with Gasteiger partial charge in [-0.1, -0.05) is 66.2 Å². The molecule has 1 aliphatic heterocycles. The molecule has 0 saturated carbocycles. The van der Waals surface area contributed by atoms with E-state index in [1.165, 1.54) is 17.9 Å². The van der Waals surface area contributed by atoms with E-state index in [0.717, 1.165) is 21.8 Å². The van der Waals surface area contributed by atoms with Crippen molar-refractivity contribution in [2.75, 3.05) is 6.54 Å². The molecular formula is C31H29ClF3N7O4. The summed E-state index contributed by atoms with van der Waals surface area (Å²) in [6, 6.07) is 20.0. The van der Waals surface area contributed by atoms with Crippen LogP contribution in [0.4, 0.5) is 13.2 Å². The van der Waals surface area contributed by atoms with Gasteiger partial charge in [0.1, 0.15) is 18.4 Å². The molecule has 11 nitrogen and oxygen atoms in total. The Morgan fingerprint density at radius 1 is 1.04 bits per heavy atom. The van der Waals surface area contributed by atoms with Gasteiger partial charge in [-0.3, -0.25) is 9.59 Å². The van der Waals surface area contributed by atoms with Crippen LogP contribution >= 0.6 is 11.6 Å². The standard InChI is InChI=1S/C31H29ClF3N7O4/c1-19(28(43)36-17-24-15-25(32)11-12-26(24)41-18-37-39-40-41)38-29(44)27-16-23(13-14-42(27)46-30(45)31(33,34)35)22-9-7-21(8-10-22)20-5-3-2-4-6-20/h2-12,15,18-19,23,27H,13-14,16-17H2,1H3,(H,36,43)(H,38,44)/t19-,23-,27+/m0/s1. The summed E-state index contributed by atoms with van der Waals surface area (Å²) in [6.45, 7) is 1.32. The second kappa shape index (κ2) is 14.1. The molecule has 2 heterocycles. The van der Waals surface area contributed by atoms with Crippen LogP contribution in [0.2, 0.25) is 5.02 Å². The van der Waals surface area contributed by atoms with Crippen LogP contribution in [0.15, 0.2) is 79.1 Å². The first-order valence-electron chi connectivity index (χ1n) is 14.3. The number of amides is 2. The van der Waals surface area contributed by atoms with Gasteiger partial charge in [0.15, 0.2) is 0 Å². The Bertz CT molecular complexity index is 1670. The number of carbonyl (C=O) groups is 3. The smallest absolute Gasteiger partial charge is 0.360 e. The Balaban J connectivity index is 1.27. The number of alkyl halides is 3. The van der Waals surface area contributed by atoms with Crippen molar-refractivity contribution in [1.82, 2.24) is 35.9 Å². The van der Waals surface area contributed by atoms with Crippen molar-refractivity contribution in [1.29, 1.82) is 0 Å². The summed E-state index contributed by atoms with van der Waals surface area (Å²) in [5.74, 6) is -3.99. The van der Waals surface area contributed by atoms with Crippen molar-refractivity contribution in [2.24, 2.45) is 0 Å². The summed E-state index contributed by atoms with van der Waals surface area (Å²) >= 11 is 6.14. The molecule has 1 aromatic heterocycles. The maximum atomic E-state index is 13.5. The highest BCUT2D eigenvalue weighted by molar-refractivity contribution is 6.30. The zero-order chi connectivity index (χ0) is 32.8. The first-order valence-corrected chi connectivity index (χ1v) is 14.7. The monoisotopic (exact) mass is 655 g/mol. The van der Waals surface area contributed by atoms with Gasteiger partial charge in [0, 0.05) is 18.1 Å². The van der Waals surface area contributed by atoms with Crippen LogP contribution in [-0.2, 0) is 25.8 Å². The number of hydroxylamine groups is 2. The fourth-order valence-electron chi connectivity index (χ4n) is 5.23. The number of piperidine rings is 1. The van der Waals surface area contributed by atoms with Gasteiger partial charge in [0.05, 0.1) is 5.69 Å². The second-order valence-electron chi connectivity index (χ2n) is 10.7. The summed E-state index contributed by atoms with van der Waals surface area (Å²) in [5.41, 5.74) is 4.04. The third kappa shape index (κ3) is 7.87. The molecule has 0 unspecified atom stereocenters. The molecule has 3 atom stereocenters. The number of benzene rings is 3. The van der Waals surface area contributed by atoms with Gasteiger partial charge >= 0.3 is 12.1 Å². The fraction of sp³-hybridized carbons (Fsp3) is 0.290. The first kappa shape index (κ1) is 32.6. The molecule has 0 spiro atoms. The van der Waals surface area contributed by atoms with E-state index < -0.39 is 36.0 Å². The Hall–Kier alpha value is -4.82. The lowest BCUT2D eigenvalue weighted by Crippen LogP contribution is -2.55. The molecule has 15 heteroatoms. The number of hydrogen-bond donors (Lipinski definition) is 2. The minimum atomic E-state index is -5.25. The van der Waals surface area contributed by atoms with Crippen LogP contribution in [0, 0.1) is 0 Å². The van der Waals surface area contributed by atoms with Gasteiger partial charge in [0.2, 0.25) is 11.8 Å². The van der Waals surface area contributed by atoms with Gasteiger partial charge in [-0.05, 0) is 76.6 Å². The van der Waals surface area contributed by atoms with Crippen LogP contribution in [-0.4, -0.2) is 67.9 Å². The van der Waals surface area contributed by atoms with Crippen molar-refractivity contribution in [3.05, 3.63) is 95.3 Å². The van der Waals surface area contributed by atoms with Crippen molar-refractivity contribution >= 4 is 29.4 Å². The normalized spacial score (nSPS) is 17.6. The average molecular weight is 656 g/mol. The quantitative estimate of drug-likeness (QED) is 0.272. The van der Waals surface area contributed by atoms with Crippen molar-refractivity contribution in [3.8, 4) is 16.8 Å². The number of aromatic nitrogens is 4. The van der Waals surface area contributed by atoms with E-state index in [1.54, 1.807) is 18.2 Å². The second-order valence-corrected chi connectivity index (χ2v) is 11.2. The topological polar surface area (TPSA) is 131 Å². The van der Waals surface area contributed by atoms with E-state index in [2.05, 4.69) is 31.0 Å². The van der Waals surface area contributed by atoms with Crippen molar-refractivity contribution in [3.63, 3.8) is 0 Å². The van der Waals surface area contributed by atoms with Crippen molar-refractivity contribution < 1.29 is 32.4 Å². The highest BCUT2D eigenvalue weighted by Crippen LogP contribution is 2.34. The summed E-state index contributed by atoms with van der Waals surface area (Å²) in [7, 11) is 0. The number of nitrogens with one attached hydrogen (secondary N) is 2. The average Bonchev–Trinajstić information content (AvgIpc) is 3.59. The number of carbonyl (C=O) groups excluding carboxylic acids is 3. The summed E-state index contributed by atoms with van der Waals surface area (Å²) in [6.07, 6.45) is -3.49. The molecule has 0 aliphatic carbocycles. The zero-order valence-electron chi connectivity index (χ0n) is 24.4. The number of halogens is 4. The molecule has 1 fully saturated rings. The molecular weight excluding hydrogens is 627 g/mol. The van der Waals surface area contributed by atoms with Crippen LogP contribution < -0.4 is 10.6 Å². The molecule has 46 heavy (non-hydrogen) atoms. The van der Waals surface area contributed by atoms with Crippen molar-refractivity contribution in [2.45, 2.75) is 50.5 Å². The maximum Gasteiger partial charge on any atom is 0.492 e. The SMILES string of the molecule is C[C@H](NC(=O)[C@H]1C[C@@H](c2ccc(-c3ccccc3)cc2)CCN1OC(=O)C(F)(F)F)C(=O)NCc1cc(Cl)ccc1-n1cnnn1. The zero-order valence-corrected chi connectivity index (χ0v) is 25.2. The number of hydrogen-bond acceptors (Lipinski definition) is 8. The van der Waals surface area contributed by atoms with Crippen LogP contribution in [0.1, 0.15) is 36.8 Å². The van der Waals surface area contributed by atoms with E-state index in [9.17, 15) is 27.6 Å². The highest BCUT2D eigenvalue weighted by atomic mass is 35.5. The lowest BCUT2D eigenvalue weighted by molar-refractivity contribution is -0.249. The Morgan fingerprint density at radius 3 is 2.43 bits per heavy atom. The molecule has 4 aromatic rings. The molecule has 0 radical (unpaired) electrons. The lowest BCUT2D eigenvalue weighted by Gasteiger charge is -2.37. The number of rotatable bonds is 9. The van der Waals surface area contributed by atoms with Gasteiger partial charge in [0.25, 0.3) is 0 Å².